The van der Waals surface area contributed by atoms with Crippen molar-refractivity contribution in [2.45, 2.75) is 92.7 Å². The number of aromatic nitrogens is 2. The van der Waals surface area contributed by atoms with Gasteiger partial charge in [0.25, 0.3) is 0 Å². The van der Waals surface area contributed by atoms with E-state index < -0.39 is 0 Å². The molecule has 3 unspecified atom stereocenters. The third-order valence-electron chi connectivity index (χ3n) is 9.89. The first-order valence-corrected chi connectivity index (χ1v) is 15.5. The highest BCUT2D eigenvalue weighted by molar-refractivity contribution is 5.86. The normalized spacial score (nSPS) is 21.0. The van der Waals surface area contributed by atoms with Crippen molar-refractivity contribution in [3.8, 4) is 0 Å². The topological polar surface area (TPSA) is 56.0 Å². The molecule has 1 fully saturated rings. The molecular formula is C33H51N5O. The smallest absolute Gasteiger partial charge is 0.142 e. The van der Waals surface area contributed by atoms with Gasteiger partial charge in [0, 0.05) is 37.3 Å². The number of hydrogen-bond acceptors (Lipinski definition) is 5. The molecule has 2 aliphatic rings. The summed E-state index contributed by atoms with van der Waals surface area (Å²) in [7, 11) is 0. The van der Waals surface area contributed by atoms with Crippen molar-refractivity contribution in [2.75, 3.05) is 38.2 Å². The average molecular weight is 534 g/mol. The van der Waals surface area contributed by atoms with Gasteiger partial charge < -0.3 is 10.4 Å². The van der Waals surface area contributed by atoms with Crippen LogP contribution in [0.1, 0.15) is 88.6 Å². The van der Waals surface area contributed by atoms with Crippen molar-refractivity contribution in [1.29, 1.82) is 0 Å². The zero-order valence-corrected chi connectivity index (χ0v) is 25.4. The molecule has 2 aliphatic heterocycles. The van der Waals surface area contributed by atoms with Crippen molar-refractivity contribution in [3.05, 3.63) is 40.5 Å². The summed E-state index contributed by atoms with van der Waals surface area (Å²) < 4.78 is 2.43. The predicted octanol–water partition coefficient (Wildman–Crippen LogP) is 6.56. The molecular weight excluding hydrogens is 482 g/mol. The van der Waals surface area contributed by atoms with Crippen LogP contribution in [0.4, 0.5) is 5.82 Å². The van der Waals surface area contributed by atoms with Crippen LogP contribution < -0.4 is 5.32 Å². The van der Waals surface area contributed by atoms with Crippen LogP contribution in [0.5, 0.6) is 0 Å². The van der Waals surface area contributed by atoms with Gasteiger partial charge >= 0.3 is 0 Å². The van der Waals surface area contributed by atoms with Gasteiger partial charge in [0.15, 0.2) is 0 Å². The number of likely N-dealkylation sites (tertiary alicyclic amines) is 1. The number of aryl methyl sites for hydroxylation is 3. The Kier molecular flexibility index (Phi) is 8.56. The van der Waals surface area contributed by atoms with E-state index in [9.17, 15) is 5.11 Å². The lowest BCUT2D eigenvalue weighted by Crippen LogP contribution is -2.34. The van der Waals surface area contributed by atoms with Gasteiger partial charge in [-0.2, -0.15) is 0 Å². The fraction of sp³-hybridized carbons (Fsp3) is 0.667. The minimum atomic E-state index is 0.111. The van der Waals surface area contributed by atoms with Crippen LogP contribution in [-0.4, -0.2) is 63.2 Å². The Morgan fingerprint density at radius 3 is 2.56 bits per heavy atom. The Balaban J connectivity index is 1.55. The summed E-state index contributed by atoms with van der Waals surface area (Å²) in [5, 5.41) is 13.7. The van der Waals surface area contributed by atoms with Crippen LogP contribution in [0, 0.1) is 31.6 Å². The van der Waals surface area contributed by atoms with Gasteiger partial charge in [-0.15, -0.1) is 0 Å². The summed E-state index contributed by atoms with van der Waals surface area (Å²) in [4.78, 5) is 10.1. The Morgan fingerprint density at radius 1 is 1.10 bits per heavy atom. The van der Waals surface area contributed by atoms with Crippen LogP contribution in [0.25, 0.3) is 16.7 Å². The van der Waals surface area contributed by atoms with Gasteiger partial charge in [0.05, 0.1) is 17.8 Å². The van der Waals surface area contributed by atoms with Crippen molar-refractivity contribution < 1.29 is 5.11 Å². The summed E-state index contributed by atoms with van der Waals surface area (Å²) in [6.07, 6.45) is 5.72. The first kappa shape index (κ1) is 28.4. The molecule has 0 spiro atoms. The Hall–Kier alpha value is -2.15. The molecule has 4 heterocycles. The van der Waals surface area contributed by atoms with Crippen molar-refractivity contribution in [1.82, 2.24) is 19.2 Å². The summed E-state index contributed by atoms with van der Waals surface area (Å²) in [5.41, 5.74) is 8.77. The van der Waals surface area contributed by atoms with E-state index in [4.69, 9.17) is 4.98 Å². The number of aliphatic hydroxyl groups is 1. The largest absolute Gasteiger partial charge is 0.381 e. The van der Waals surface area contributed by atoms with Crippen molar-refractivity contribution in [2.24, 2.45) is 17.8 Å². The second kappa shape index (κ2) is 11.8. The minimum Gasteiger partial charge on any atom is -0.381 e. The fourth-order valence-corrected chi connectivity index (χ4v) is 7.47. The second-order valence-electron chi connectivity index (χ2n) is 12.9. The van der Waals surface area contributed by atoms with E-state index in [0.717, 1.165) is 61.3 Å². The minimum absolute atomic E-state index is 0.111. The van der Waals surface area contributed by atoms with Gasteiger partial charge in [-0.25, -0.2) is 4.98 Å². The summed E-state index contributed by atoms with van der Waals surface area (Å²) in [6, 6.07) is 7.86. The third-order valence-corrected chi connectivity index (χ3v) is 9.89. The number of nitrogens with one attached hydrogen (secondary N) is 1. The number of pyridine rings is 1. The molecule has 3 atom stereocenters. The van der Waals surface area contributed by atoms with E-state index in [-0.39, 0.29) is 6.73 Å². The molecule has 6 heteroatoms. The molecule has 0 aliphatic carbocycles. The van der Waals surface area contributed by atoms with Gasteiger partial charge in [-0.3, -0.25) is 14.2 Å². The van der Waals surface area contributed by atoms with Crippen LogP contribution >= 0.6 is 0 Å². The molecule has 0 radical (unpaired) electrons. The molecule has 214 valence electrons. The number of anilines is 1. The van der Waals surface area contributed by atoms with Gasteiger partial charge in [-0.05, 0) is 113 Å². The van der Waals surface area contributed by atoms with E-state index in [2.05, 4.69) is 86.2 Å². The molecule has 0 amide bonds. The molecule has 5 rings (SSSR count). The molecule has 2 N–H and O–H groups in total. The maximum atomic E-state index is 9.83. The Labute approximate surface area is 235 Å². The highest BCUT2D eigenvalue weighted by atomic mass is 16.3. The predicted molar refractivity (Wildman–Crippen MR) is 164 cm³/mol. The van der Waals surface area contributed by atoms with Crippen LogP contribution in [-0.2, 0) is 6.42 Å². The van der Waals surface area contributed by atoms with Crippen molar-refractivity contribution >= 4 is 22.5 Å². The molecule has 39 heavy (non-hydrogen) atoms. The number of fused-ring (bicyclic) bond motifs is 5. The first-order valence-electron chi connectivity index (χ1n) is 15.5. The highest BCUT2D eigenvalue weighted by Crippen LogP contribution is 2.42. The van der Waals surface area contributed by atoms with Gasteiger partial charge in [0.1, 0.15) is 11.5 Å². The fourth-order valence-electron chi connectivity index (χ4n) is 7.47. The number of imidazole rings is 1. The summed E-state index contributed by atoms with van der Waals surface area (Å²) in [6.45, 7) is 20.3. The Morgan fingerprint density at radius 2 is 1.87 bits per heavy atom. The number of aliphatic hydroxyl groups excluding tert-OH is 1. The number of nitrogens with zero attached hydrogens (tertiary/aromatic N) is 4. The van der Waals surface area contributed by atoms with Crippen LogP contribution in [0.2, 0.25) is 0 Å². The lowest BCUT2D eigenvalue weighted by molar-refractivity contribution is 0.0795. The van der Waals surface area contributed by atoms with Crippen LogP contribution in [0.3, 0.4) is 0 Å². The SMILES string of the molecule is CCC(C(C)C)C1CCN(C2CCNc3c2cc(CCCN(CO)C(C)C)c2nc4cc(C)c(C)cc4n32)C1. The zero-order chi connectivity index (χ0) is 27.8. The average Bonchev–Trinajstić information content (AvgIpc) is 3.52. The van der Waals surface area contributed by atoms with Crippen molar-refractivity contribution in [3.63, 3.8) is 0 Å². The van der Waals surface area contributed by atoms with E-state index in [1.807, 2.05) is 0 Å². The quantitative estimate of drug-likeness (QED) is 0.289. The Bertz CT molecular complexity index is 1290. The second-order valence-corrected chi connectivity index (χ2v) is 12.9. The van der Waals surface area contributed by atoms with E-state index in [1.165, 1.54) is 59.5 Å². The lowest BCUT2D eigenvalue weighted by Gasteiger charge is -2.35. The molecule has 1 aromatic carbocycles. The van der Waals surface area contributed by atoms with E-state index in [1.54, 1.807) is 0 Å². The van der Waals surface area contributed by atoms with Crippen LogP contribution in [0.15, 0.2) is 18.2 Å². The summed E-state index contributed by atoms with van der Waals surface area (Å²) >= 11 is 0. The maximum Gasteiger partial charge on any atom is 0.142 e. The lowest BCUT2D eigenvalue weighted by atomic mass is 9.81. The molecule has 0 saturated carbocycles. The molecule has 0 bridgehead atoms. The first-order chi connectivity index (χ1) is 18.7. The number of rotatable bonds is 10. The molecule has 3 aromatic rings. The molecule has 2 aromatic heterocycles. The third kappa shape index (κ3) is 5.45. The molecule has 1 saturated heterocycles. The number of benzene rings is 1. The van der Waals surface area contributed by atoms with Gasteiger partial charge in [-0.1, -0.05) is 27.2 Å². The van der Waals surface area contributed by atoms with E-state index >= 15 is 0 Å². The zero-order valence-electron chi connectivity index (χ0n) is 25.4. The standard InChI is InChI=1S/C33H51N5O/c1-8-27(21(2)3)26-12-15-36(19-26)30-11-13-34-33-28(30)18-25(10-9-14-37(20-39)22(4)5)32-35-29-16-23(6)24(7)17-31(29)38(32)33/h16-18,21-22,26-27,30,34,39H,8-15,19-20H2,1-7H3. The monoisotopic (exact) mass is 533 g/mol. The maximum absolute atomic E-state index is 9.83. The highest BCUT2D eigenvalue weighted by Gasteiger charge is 2.36. The van der Waals surface area contributed by atoms with Gasteiger partial charge in [0.2, 0.25) is 0 Å². The number of hydrogen-bond donors (Lipinski definition) is 2. The van der Waals surface area contributed by atoms with E-state index in [0.29, 0.717) is 12.1 Å². The summed E-state index contributed by atoms with van der Waals surface area (Å²) in [5.74, 6) is 3.61. The molecule has 6 nitrogen and oxygen atoms in total.